The molecule has 49 heavy (non-hydrogen) atoms. The molecule has 0 bridgehead atoms. The number of rotatable bonds is 4. The number of benzene rings is 7. The van der Waals surface area contributed by atoms with Gasteiger partial charge in [0.15, 0.2) is 0 Å². The lowest BCUT2D eigenvalue weighted by atomic mass is 9.77. The summed E-state index contributed by atoms with van der Waals surface area (Å²) in [5.41, 5.74) is 14.5. The molecule has 1 nitrogen and oxygen atoms in total. The zero-order valence-corrected chi connectivity index (χ0v) is 28.2. The third kappa shape index (κ3) is 4.56. The first kappa shape index (κ1) is 28.5. The molecule has 1 fully saturated rings. The zero-order chi connectivity index (χ0) is 32.9. The molecular weight excluding hydrogens is 591 g/mol. The van der Waals surface area contributed by atoms with Crippen molar-refractivity contribution in [3.8, 4) is 44.6 Å². The van der Waals surface area contributed by atoms with Gasteiger partial charge in [-0.2, -0.15) is 0 Å². The minimum atomic E-state index is 0.107. The third-order valence-electron chi connectivity index (χ3n) is 11.1. The summed E-state index contributed by atoms with van der Waals surface area (Å²) < 4.78 is 0. The standard InChI is InChI=1S/C48H37N/c1-48(2,3)37-25-36-20-21-38-39(35-12-8-11-33(24-35)34-19-14-29-9-4-5-10-32(29)23-34)27-40(46-43-28-41(43)42(26-37)45(36)47(38)46)30-15-17-31(18-16-30)44-13-6-7-22-49-44/h4-27,41,43H,28H2,1-3H3/t41-,43?/m0/s1. The van der Waals surface area contributed by atoms with Gasteiger partial charge in [-0.3, -0.25) is 4.98 Å². The highest BCUT2D eigenvalue weighted by Crippen LogP contribution is 2.64. The second-order valence-electron chi connectivity index (χ2n) is 15.2. The lowest BCUT2D eigenvalue weighted by molar-refractivity contribution is 0.590. The Morgan fingerprint density at radius 3 is 2.06 bits per heavy atom. The predicted molar refractivity (Wildman–Crippen MR) is 207 cm³/mol. The van der Waals surface area contributed by atoms with Crippen molar-refractivity contribution in [1.29, 1.82) is 0 Å². The van der Waals surface area contributed by atoms with Crippen molar-refractivity contribution in [2.75, 3.05) is 0 Å². The van der Waals surface area contributed by atoms with Gasteiger partial charge in [0.25, 0.3) is 0 Å². The van der Waals surface area contributed by atoms with Crippen LogP contribution < -0.4 is 0 Å². The summed E-state index contributed by atoms with van der Waals surface area (Å²) >= 11 is 0. The average molecular weight is 628 g/mol. The third-order valence-corrected chi connectivity index (χ3v) is 11.1. The van der Waals surface area contributed by atoms with Crippen molar-refractivity contribution in [3.63, 3.8) is 0 Å². The van der Waals surface area contributed by atoms with Gasteiger partial charge in [0, 0.05) is 11.8 Å². The van der Waals surface area contributed by atoms with Gasteiger partial charge in [-0.1, -0.05) is 130 Å². The van der Waals surface area contributed by atoms with E-state index in [2.05, 4.69) is 159 Å². The van der Waals surface area contributed by atoms with Crippen molar-refractivity contribution >= 4 is 32.3 Å². The molecule has 1 saturated carbocycles. The number of nitrogens with zero attached hydrogens (tertiary/aromatic N) is 1. The zero-order valence-electron chi connectivity index (χ0n) is 28.2. The Hall–Kier alpha value is -5.53. The molecule has 1 heterocycles. The number of hydrogen-bond donors (Lipinski definition) is 0. The van der Waals surface area contributed by atoms with E-state index in [1.165, 1.54) is 77.7 Å². The van der Waals surface area contributed by atoms with Crippen molar-refractivity contribution in [2.24, 2.45) is 0 Å². The first-order valence-electron chi connectivity index (χ1n) is 17.6. The average Bonchev–Trinajstić information content (AvgIpc) is 3.95. The fourth-order valence-corrected chi connectivity index (χ4v) is 8.47. The first-order chi connectivity index (χ1) is 23.9. The van der Waals surface area contributed by atoms with Gasteiger partial charge in [0.05, 0.1) is 5.69 Å². The molecule has 0 radical (unpaired) electrons. The Bertz CT molecular complexity index is 2600. The van der Waals surface area contributed by atoms with E-state index in [0.29, 0.717) is 11.8 Å². The van der Waals surface area contributed by atoms with E-state index in [9.17, 15) is 0 Å². The molecule has 1 heteroatoms. The molecule has 234 valence electrons. The second-order valence-corrected chi connectivity index (χ2v) is 15.2. The summed E-state index contributed by atoms with van der Waals surface area (Å²) in [6.45, 7) is 7.02. The van der Waals surface area contributed by atoms with Crippen LogP contribution in [0.1, 0.15) is 55.7 Å². The summed E-state index contributed by atoms with van der Waals surface area (Å²) in [5, 5.41) is 8.21. The highest BCUT2D eigenvalue weighted by Gasteiger charge is 2.46. The van der Waals surface area contributed by atoms with E-state index in [0.717, 1.165) is 11.3 Å². The highest BCUT2D eigenvalue weighted by molar-refractivity contribution is 6.19. The van der Waals surface area contributed by atoms with Crippen LogP contribution in [0.4, 0.5) is 0 Å². The fourth-order valence-electron chi connectivity index (χ4n) is 8.47. The topological polar surface area (TPSA) is 12.9 Å². The van der Waals surface area contributed by atoms with Crippen molar-refractivity contribution < 1.29 is 0 Å². The molecule has 0 N–H and O–H groups in total. The SMILES string of the molecule is CC(C)(C)c1cc2c3c(ccc4c(-c5cccc(-c6ccc7ccccc7c6)c5)cc(-c5ccc(-c6ccccn6)cc5)c(c43)C3C[C@@H]23)c1. The van der Waals surface area contributed by atoms with Crippen LogP contribution in [-0.2, 0) is 5.41 Å². The van der Waals surface area contributed by atoms with Gasteiger partial charge in [-0.15, -0.1) is 0 Å². The van der Waals surface area contributed by atoms with E-state index in [1.807, 2.05) is 12.3 Å². The van der Waals surface area contributed by atoms with Crippen molar-refractivity contribution in [1.82, 2.24) is 4.98 Å². The maximum absolute atomic E-state index is 4.61. The highest BCUT2D eigenvalue weighted by atomic mass is 14.7. The van der Waals surface area contributed by atoms with Gasteiger partial charge in [0.2, 0.25) is 0 Å². The molecule has 2 aliphatic rings. The van der Waals surface area contributed by atoms with Crippen LogP contribution in [0, 0.1) is 0 Å². The molecular formula is C48H37N. The monoisotopic (exact) mass is 627 g/mol. The molecule has 0 saturated heterocycles. The van der Waals surface area contributed by atoms with Gasteiger partial charge in [-0.05, 0) is 136 Å². The van der Waals surface area contributed by atoms with E-state index in [-0.39, 0.29) is 5.41 Å². The van der Waals surface area contributed by atoms with E-state index in [1.54, 1.807) is 11.1 Å². The minimum absolute atomic E-state index is 0.107. The maximum Gasteiger partial charge on any atom is 0.0701 e. The van der Waals surface area contributed by atoms with Crippen LogP contribution in [0.2, 0.25) is 0 Å². The normalized spacial score (nSPS) is 16.4. The summed E-state index contributed by atoms with van der Waals surface area (Å²) in [5.74, 6) is 1.15. The molecule has 7 aromatic carbocycles. The Morgan fingerprint density at radius 1 is 0.510 bits per heavy atom. The van der Waals surface area contributed by atoms with Crippen molar-refractivity contribution in [2.45, 2.75) is 44.4 Å². The van der Waals surface area contributed by atoms with Crippen LogP contribution in [0.3, 0.4) is 0 Å². The molecule has 2 atom stereocenters. The molecule has 10 rings (SSSR count). The van der Waals surface area contributed by atoms with Gasteiger partial charge in [-0.25, -0.2) is 0 Å². The predicted octanol–water partition coefficient (Wildman–Crippen LogP) is 13.1. The largest absolute Gasteiger partial charge is 0.256 e. The fraction of sp³-hybridized carbons (Fsp3) is 0.146. The summed E-state index contributed by atoms with van der Waals surface area (Å²) in [7, 11) is 0. The summed E-state index contributed by atoms with van der Waals surface area (Å²) in [6, 6.07) is 52.2. The van der Waals surface area contributed by atoms with Crippen LogP contribution >= 0.6 is 0 Å². The van der Waals surface area contributed by atoms with E-state index >= 15 is 0 Å². The molecule has 0 spiro atoms. The van der Waals surface area contributed by atoms with Crippen molar-refractivity contribution in [3.05, 3.63) is 162 Å². The minimum Gasteiger partial charge on any atom is -0.256 e. The lowest BCUT2D eigenvalue weighted by Gasteiger charge is -2.27. The Morgan fingerprint density at radius 2 is 1.24 bits per heavy atom. The molecule has 1 unspecified atom stereocenters. The van der Waals surface area contributed by atoms with E-state index in [4.69, 9.17) is 0 Å². The summed E-state index contributed by atoms with van der Waals surface area (Å²) in [4.78, 5) is 4.61. The van der Waals surface area contributed by atoms with Crippen LogP contribution in [0.15, 0.2) is 146 Å². The number of aromatic nitrogens is 1. The lowest BCUT2D eigenvalue weighted by Crippen LogP contribution is -2.12. The van der Waals surface area contributed by atoms with Gasteiger partial charge < -0.3 is 0 Å². The molecule has 8 aromatic rings. The Balaban J connectivity index is 1.22. The van der Waals surface area contributed by atoms with Gasteiger partial charge >= 0.3 is 0 Å². The van der Waals surface area contributed by atoms with Gasteiger partial charge in [0.1, 0.15) is 0 Å². The van der Waals surface area contributed by atoms with Crippen LogP contribution in [0.25, 0.3) is 77.0 Å². The van der Waals surface area contributed by atoms with E-state index < -0.39 is 0 Å². The number of pyridine rings is 1. The number of hydrogen-bond acceptors (Lipinski definition) is 1. The summed E-state index contributed by atoms with van der Waals surface area (Å²) in [6.07, 6.45) is 3.10. The van der Waals surface area contributed by atoms with Crippen LogP contribution in [-0.4, -0.2) is 4.98 Å². The molecule has 0 aliphatic heterocycles. The number of fused-ring (bicyclic) bond motifs is 4. The molecule has 1 aromatic heterocycles. The first-order valence-corrected chi connectivity index (χ1v) is 17.6. The molecule has 0 amide bonds. The Kier molecular flexibility index (Phi) is 6.09. The maximum atomic E-state index is 4.61. The van der Waals surface area contributed by atoms with Crippen LogP contribution in [0.5, 0.6) is 0 Å². The second kappa shape index (κ2) is 10.5. The smallest absolute Gasteiger partial charge is 0.0701 e. The Labute approximate surface area is 287 Å². The molecule has 2 aliphatic carbocycles. The quantitative estimate of drug-likeness (QED) is 0.177.